The van der Waals surface area contributed by atoms with Crippen LogP contribution in [0.4, 0.5) is 10.2 Å². The number of hydrogen-bond donors (Lipinski definition) is 4. The zero-order chi connectivity index (χ0) is 17.3. The van der Waals surface area contributed by atoms with E-state index in [2.05, 4.69) is 25.5 Å². The van der Waals surface area contributed by atoms with E-state index in [1.165, 1.54) is 12.5 Å². The maximum Gasteiger partial charge on any atom is 0.218 e. The van der Waals surface area contributed by atoms with Crippen LogP contribution in [-0.2, 0) is 0 Å². The van der Waals surface area contributed by atoms with Gasteiger partial charge in [0.1, 0.15) is 24.0 Å². The first-order valence-electron chi connectivity index (χ1n) is 7.57. The summed E-state index contributed by atoms with van der Waals surface area (Å²) in [7, 11) is 0. The van der Waals surface area contributed by atoms with E-state index in [0.717, 1.165) is 5.69 Å². The maximum atomic E-state index is 14.2. The molecule has 9 heteroatoms. The lowest BCUT2D eigenvalue weighted by Crippen LogP contribution is -2.32. The van der Waals surface area contributed by atoms with Crippen molar-refractivity contribution in [3.8, 4) is 0 Å². The summed E-state index contributed by atoms with van der Waals surface area (Å²) < 4.78 is 14.2. The average Bonchev–Trinajstić information content (AvgIpc) is 3.13. The molecule has 4 N–H and O–H groups in total. The van der Waals surface area contributed by atoms with Gasteiger partial charge in [0.25, 0.3) is 0 Å². The Kier molecular flexibility index (Phi) is 4.54. The third-order valence-corrected chi connectivity index (χ3v) is 4.20. The number of carbonyl (C=O) groups is 1. The van der Waals surface area contributed by atoms with Crippen LogP contribution in [0.2, 0.25) is 0 Å². The van der Waals surface area contributed by atoms with Gasteiger partial charge in [-0.15, -0.1) is 0 Å². The molecule has 0 unspecified atom stereocenters. The number of halogens is 1. The van der Waals surface area contributed by atoms with Crippen molar-refractivity contribution >= 4 is 11.6 Å². The summed E-state index contributed by atoms with van der Waals surface area (Å²) in [6.45, 7) is 1.47. The standard InChI is InChI=1S/C15H18FN5O3/c1-7-2-11(21-20-7)14(24)9-4-17-6-18-15(9)19-10-3-8(5-22)13(23)12(10)16/h2,4,6,8,10,12-13,22-23H,3,5H2,1H3,(H,20,21)(H,17,18,19)/t8-,10-,12-,13-/m1/s1. The molecule has 0 saturated heterocycles. The molecule has 8 nitrogen and oxygen atoms in total. The maximum absolute atomic E-state index is 14.2. The fraction of sp³-hybridized carbons (Fsp3) is 0.467. The van der Waals surface area contributed by atoms with Gasteiger partial charge in [0, 0.05) is 24.4 Å². The number of nitrogens with one attached hydrogen (secondary N) is 2. The van der Waals surface area contributed by atoms with Crippen molar-refractivity contribution in [1.29, 1.82) is 0 Å². The van der Waals surface area contributed by atoms with Gasteiger partial charge in [0.05, 0.1) is 17.7 Å². The van der Waals surface area contributed by atoms with Gasteiger partial charge in [0.15, 0.2) is 0 Å². The molecule has 0 aliphatic heterocycles. The minimum absolute atomic E-state index is 0.165. The van der Waals surface area contributed by atoms with Crippen molar-refractivity contribution in [2.45, 2.75) is 31.7 Å². The highest BCUT2D eigenvalue weighted by Crippen LogP contribution is 2.31. The molecule has 0 bridgehead atoms. The summed E-state index contributed by atoms with van der Waals surface area (Å²) in [5, 5.41) is 28.4. The van der Waals surface area contributed by atoms with Crippen LogP contribution in [0.5, 0.6) is 0 Å². The predicted octanol–water partition coefficient (Wildman–Crippen LogP) is 0.231. The lowest BCUT2D eigenvalue weighted by molar-refractivity contribution is 0.0444. The van der Waals surface area contributed by atoms with Crippen molar-refractivity contribution in [1.82, 2.24) is 20.2 Å². The van der Waals surface area contributed by atoms with Crippen LogP contribution in [0.15, 0.2) is 18.6 Å². The number of rotatable bonds is 5. The Hall–Kier alpha value is -2.39. The molecule has 1 fully saturated rings. The van der Waals surface area contributed by atoms with E-state index in [4.69, 9.17) is 0 Å². The number of aryl methyl sites for hydroxylation is 1. The SMILES string of the molecule is Cc1cc(C(=O)c2cncnc2N[C@@H]2C[C@H](CO)[C@@H](O)[C@@H]2F)n[nH]1. The van der Waals surface area contributed by atoms with Crippen LogP contribution in [0.3, 0.4) is 0 Å². The molecule has 0 aromatic carbocycles. The Morgan fingerprint density at radius 2 is 2.33 bits per heavy atom. The van der Waals surface area contributed by atoms with Gasteiger partial charge in [-0.1, -0.05) is 0 Å². The molecule has 0 spiro atoms. The number of aromatic amines is 1. The fourth-order valence-corrected chi connectivity index (χ4v) is 2.87. The Morgan fingerprint density at radius 3 is 2.96 bits per heavy atom. The van der Waals surface area contributed by atoms with Gasteiger partial charge >= 0.3 is 0 Å². The monoisotopic (exact) mass is 335 g/mol. The highest BCUT2D eigenvalue weighted by Gasteiger charge is 2.43. The van der Waals surface area contributed by atoms with Gasteiger partial charge < -0.3 is 15.5 Å². The van der Waals surface area contributed by atoms with Crippen molar-refractivity contribution < 1.29 is 19.4 Å². The fourth-order valence-electron chi connectivity index (χ4n) is 2.87. The number of carbonyl (C=O) groups excluding carboxylic acids is 1. The van der Waals surface area contributed by atoms with Gasteiger partial charge in [-0.05, 0) is 19.4 Å². The zero-order valence-electron chi connectivity index (χ0n) is 13.0. The summed E-state index contributed by atoms with van der Waals surface area (Å²) >= 11 is 0. The molecule has 1 aliphatic carbocycles. The van der Waals surface area contributed by atoms with E-state index in [1.807, 2.05) is 0 Å². The molecule has 4 atom stereocenters. The molecule has 3 rings (SSSR count). The van der Waals surface area contributed by atoms with E-state index >= 15 is 0 Å². The predicted molar refractivity (Wildman–Crippen MR) is 82.3 cm³/mol. The third-order valence-electron chi connectivity index (χ3n) is 4.20. The molecule has 2 aromatic rings. The molecule has 1 saturated carbocycles. The first kappa shape index (κ1) is 16.5. The van der Waals surface area contributed by atoms with Crippen LogP contribution in [0, 0.1) is 12.8 Å². The highest BCUT2D eigenvalue weighted by atomic mass is 19.1. The van der Waals surface area contributed by atoms with Gasteiger partial charge in [0.2, 0.25) is 5.78 Å². The summed E-state index contributed by atoms with van der Waals surface area (Å²) in [6, 6.07) is 0.845. The molecule has 2 aromatic heterocycles. The number of nitrogens with zero attached hydrogens (tertiary/aromatic N) is 3. The number of hydrogen-bond acceptors (Lipinski definition) is 7. The second-order valence-corrected chi connectivity index (χ2v) is 5.91. The lowest BCUT2D eigenvalue weighted by Gasteiger charge is -2.17. The Bertz CT molecular complexity index is 737. The molecular weight excluding hydrogens is 317 g/mol. The number of aliphatic hydroxyl groups is 2. The number of H-pyrrole nitrogens is 1. The quantitative estimate of drug-likeness (QED) is 0.577. The van der Waals surface area contributed by atoms with Gasteiger partial charge in [-0.2, -0.15) is 5.10 Å². The van der Waals surface area contributed by atoms with Crippen molar-refractivity contribution in [3.05, 3.63) is 35.5 Å². The van der Waals surface area contributed by atoms with E-state index < -0.39 is 30.0 Å². The van der Waals surface area contributed by atoms with E-state index in [1.54, 1.807) is 13.0 Å². The lowest BCUT2D eigenvalue weighted by atomic mass is 10.1. The molecule has 128 valence electrons. The molecule has 2 heterocycles. The number of aliphatic hydroxyl groups excluding tert-OH is 2. The summed E-state index contributed by atoms with van der Waals surface area (Å²) in [6.07, 6.45) is 0.00829. The summed E-state index contributed by atoms with van der Waals surface area (Å²) in [4.78, 5) is 20.4. The van der Waals surface area contributed by atoms with Crippen LogP contribution < -0.4 is 5.32 Å². The van der Waals surface area contributed by atoms with Gasteiger partial charge in [-0.3, -0.25) is 9.89 Å². The normalized spacial score (nSPS) is 26.5. The minimum atomic E-state index is -1.56. The van der Waals surface area contributed by atoms with Crippen molar-refractivity contribution in [2.24, 2.45) is 5.92 Å². The molecule has 1 aliphatic rings. The van der Waals surface area contributed by atoms with Crippen molar-refractivity contribution in [3.63, 3.8) is 0 Å². The van der Waals surface area contributed by atoms with E-state index in [-0.39, 0.29) is 30.1 Å². The number of aromatic nitrogens is 4. The van der Waals surface area contributed by atoms with Crippen LogP contribution in [-0.4, -0.2) is 61.1 Å². The summed E-state index contributed by atoms with van der Waals surface area (Å²) in [5.74, 6) is -0.767. The molecule has 0 radical (unpaired) electrons. The number of ketones is 1. The Morgan fingerprint density at radius 1 is 1.54 bits per heavy atom. The first-order valence-corrected chi connectivity index (χ1v) is 7.57. The average molecular weight is 335 g/mol. The topological polar surface area (TPSA) is 124 Å². The molecule has 24 heavy (non-hydrogen) atoms. The highest BCUT2D eigenvalue weighted by molar-refractivity contribution is 6.10. The number of alkyl halides is 1. The van der Waals surface area contributed by atoms with Gasteiger partial charge in [-0.25, -0.2) is 14.4 Å². The minimum Gasteiger partial charge on any atom is -0.396 e. The molecule has 0 amide bonds. The second-order valence-electron chi connectivity index (χ2n) is 5.91. The zero-order valence-corrected chi connectivity index (χ0v) is 13.0. The smallest absolute Gasteiger partial charge is 0.218 e. The van der Waals surface area contributed by atoms with Crippen molar-refractivity contribution in [2.75, 3.05) is 11.9 Å². The Balaban J connectivity index is 1.84. The van der Waals surface area contributed by atoms with E-state index in [0.29, 0.717) is 0 Å². The summed E-state index contributed by atoms with van der Waals surface area (Å²) in [5.41, 5.74) is 1.11. The first-order chi connectivity index (χ1) is 11.5. The largest absolute Gasteiger partial charge is 0.396 e. The Labute approximate surface area is 137 Å². The molecular formula is C15H18FN5O3. The second kappa shape index (κ2) is 6.62. The van der Waals surface area contributed by atoms with Crippen LogP contribution in [0.25, 0.3) is 0 Å². The van der Waals surface area contributed by atoms with Crippen LogP contribution >= 0.6 is 0 Å². The van der Waals surface area contributed by atoms with Crippen LogP contribution in [0.1, 0.15) is 28.2 Å². The third kappa shape index (κ3) is 3.00. The van der Waals surface area contributed by atoms with E-state index in [9.17, 15) is 19.4 Å². The number of anilines is 1.